The van der Waals surface area contributed by atoms with Gasteiger partial charge in [0.25, 0.3) is 0 Å². The number of aryl methyl sites for hydroxylation is 1. The Bertz CT molecular complexity index is 857. The molecule has 0 radical (unpaired) electrons. The minimum Gasteiger partial charge on any atom is -0.464 e. The standard InChI is InChI=1S/C14H11F3N2OS/c1-8-2-4-10(20-8)7-19-12-5-3-9(14(15,16)17)6-11(12)18-13(19)21/h2-6H,7H2,1H3,(H,18,21). The van der Waals surface area contributed by atoms with Gasteiger partial charge in [0.05, 0.1) is 23.1 Å². The minimum absolute atomic E-state index is 0.359. The number of alkyl halides is 3. The summed E-state index contributed by atoms with van der Waals surface area (Å²) in [5.74, 6) is 1.47. The number of nitrogens with zero attached hydrogens (tertiary/aromatic N) is 1. The summed E-state index contributed by atoms with van der Waals surface area (Å²) in [5.41, 5.74) is 0.271. The number of H-pyrrole nitrogens is 1. The fourth-order valence-electron chi connectivity index (χ4n) is 2.22. The molecular weight excluding hydrogens is 301 g/mol. The molecule has 0 aliphatic carbocycles. The Kier molecular flexibility index (Phi) is 3.16. The zero-order valence-corrected chi connectivity index (χ0v) is 11.8. The van der Waals surface area contributed by atoms with Gasteiger partial charge in [0, 0.05) is 0 Å². The third-order valence-electron chi connectivity index (χ3n) is 3.21. The highest BCUT2D eigenvalue weighted by Gasteiger charge is 2.30. The van der Waals surface area contributed by atoms with Gasteiger partial charge < -0.3 is 14.0 Å². The topological polar surface area (TPSA) is 33.9 Å². The Hall–Kier alpha value is -2.02. The fourth-order valence-corrected chi connectivity index (χ4v) is 2.50. The second-order valence-electron chi connectivity index (χ2n) is 4.76. The maximum absolute atomic E-state index is 12.7. The van der Waals surface area contributed by atoms with Gasteiger partial charge in [-0.15, -0.1) is 0 Å². The summed E-state index contributed by atoms with van der Waals surface area (Å²) in [5, 5.41) is 0. The van der Waals surface area contributed by atoms with E-state index >= 15 is 0 Å². The van der Waals surface area contributed by atoms with E-state index < -0.39 is 11.7 Å². The summed E-state index contributed by atoms with van der Waals surface area (Å²) in [6.45, 7) is 2.20. The molecule has 3 rings (SSSR count). The number of imidazole rings is 1. The normalized spacial score (nSPS) is 12.2. The number of rotatable bonds is 2. The van der Waals surface area contributed by atoms with E-state index in [-0.39, 0.29) is 0 Å². The average molecular weight is 312 g/mol. The molecule has 2 heterocycles. The van der Waals surface area contributed by atoms with Crippen LogP contribution in [0.5, 0.6) is 0 Å². The van der Waals surface area contributed by atoms with Crippen molar-refractivity contribution < 1.29 is 17.6 Å². The molecule has 3 nitrogen and oxygen atoms in total. The van der Waals surface area contributed by atoms with Gasteiger partial charge in [0.2, 0.25) is 0 Å². The first-order valence-electron chi connectivity index (χ1n) is 6.20. The van der Waals surface area contributed by atoms with Crippen molar-refractivity contribution in [3.05, 3.63) is 52.2 Å². The monoisotopic (exact) mass is 312 g/mol. The molecule has 2 aromatic heterocycles. The second kappa shape index (κ2) is 4.77. The molecule has 7 heteroatoms. The van der Waals surface area contributed by atoms with Gasteiger partial charge in [-0.05, 0) is 49.5 Å². The largest absolute Gasteiger partial charge is 0.464 e. The number of hydrogen-bond acceptors (Lipinski definition) is 2. The van der Waals surface area contributed by atoms with Crippen molar-refractivity contribution in [2.75, 3.05) is 0 Å². The van der Waals surface area contributed by atoms with Crippen LogP contribution in [-0.4, -0.2) is 9.55 Å². The number of hydrogen-bond donors (Lipinski definition) is 1. The Morgan fingerprint density at radius 1 is 1.24 bits per heavy atom. The van der Waals surface area contributed by atoms with Crippen LogP contribution in [0, 0.1) is 11.7 Å². The minimum atomic E-state index is -4.37. The first-order chi connectivity index (χ1) is 9.84. The molecule has 110 valence electrons. The van der Waals surface area contributed by atoms with Crippen LogP contribution in [0.1, 0.15) is 17.1 Å². The Labute approximate surface area is 123 Å². The zero-order chi connectivity index (χ0) is 15.2. The molecular formula is C14H11F3N2OS. The maximum Gasteiger partial charge on any atom is 0.416 e. The molecule has 0 atom stereocenters. The summed E-state index contributed by atoms with van der Waals surface area (Å²) in [7, 11) is 0. The summed E-state index contributed by atoms with van der Waals surface area (Å²) in [6, 6.07) is 7.18. The Morgan fingerprint density at radius 3 is 2.62 bits per heavy atom. The van der Waals surface area contributed by atoms with Gasteiger partial charge in [0.15, 0.2) is 4.77 Å². The van der Waals surface area contributed by atoms with Crippen LogP contribution in [0.2, 0.25) is 0 Å². The lowest BCUT2D eigenvalue weighted by Crippen LogP contribution is -2.04. The van der Waals surface area contributed by atoms with Crippen molar-refractivity contribution in [2.45, 2.75) is 19.6 Å². The molecule has 1 aromatic carbocycles. The number of aromatic amines is 1. The molecule has 0 unspecified atom stereocenters. The summed E-state index contributed by atoms with van der Waals surface area (Å²) < 4.78 is 45.7. The van der Waals surface area contributed by atoms with Crippen LogP contribution in [0.3, 0.4) is 0 Å². The van der Waals surface area contributed by atoms with Crippen LogP contribution in [0.4, 0.5) is 13.2 Å². The Morgan fingerprint density at radius 2 is 2.00 bits per heavy atom. The fraction of sp³-hybridized carbons (Fsp3) is 0.214. The quantitative estimate of drug-likeness (QED) is 0.698. The van der Waals surface area contributed by atoms with E-state index in [9.17, 15) is 13.2 Å². The highest BCUT2D eigenvalue weighted by atomic mass is 32.1. The smallest absolute Gasteiger partial charge is 0.416 e. The lowest BCUT2D eigenvalue weighted by atomic mass is 10.2. The van der Waals surface area contributed by atoms with Crippen molar-refractivity contribution in [1.82, 2.24) is 9.55 Å². The van der Waals surface area contributed by atoms with E-state index in [2.05, 4.69) is 4.98 Å². The van der Waals surface area contributed by atoms with Gasteiger partial charge >= 0.3 is 6.18 Å². The number of furan rings is 1. The van der Waals surface area contributed by atoms with Gasteiger partial charge in [-0.3, -0.25) is 0 Å². The van der Waals surface area contributed by atoms with Crippen molar-refractivity contribution >= 4 is 23.3 Å². The highest BCUT2D eigenvalue weighted by molar-refractivity contribution is 7.71. The van der Waals surface area contributed by atoms with Crippen molar-refractivity contribution in [1.29, 1.82) is 0 Å². The lowest BCUT2D eigenvalue weighted by Gasteiger charge is -2.07. The third-order valence-corrected chi connectivity index (χ3v) is 3.53. The van der Waals surface area contributed by atoms with E-state index in [1.54, 1.807) is 4.57 Å². The van der Waals surface area contributed by atoms with Gasteiger partial charge in [-0.25, -0.2) is 0 Å². The van der Waals surface area contributed by atoms with E-state index in [0.717, 1.165) is 17.9 Å². The van der Waals surface area contributed by atoms with Crippen LogP contribution in [0.15, 0.2) is 34.7 Å². The molecule has 0 fully saturated rings. The average Bonchev–Trinajstić information content (AvgIpc) is 2.93. The van der Waals surface area contributed by atoms with E-state index in [0.29, 0.717) is 28.1 Å². The molecule has 0 spiro atoms. The molecule has 0 aliphatic heterocycles. The van der Waals surface area contributed by atoms with Crippen LogP contribution in [0.25, 0.3) is 11.0 Å². The zero-order valence-electron chi connectivity index (χ0n) is 11.0. The lowest BCUT2D eigenvalue weighted by molar-refractivity contribution is -0.137. The van der Waals surface area contributed by atoms with Crippen molar-refractivity contribution in [3.63, 3.8) is 0 Å². The first-order valence-corrected chi connectivity index (χ1v) is 6.60. The molecule has 1 N–H and O–H groups in total. The van der Waals surface area contributed by atoms with Crippen molar-refractivity contribution in [2.24, 2.45) is 0 Å². The van der Waals surface area contributed by atoms with Gasteiger partial charge in [-0.1, -0.05) is 0 Å². The Balaban J connectivity index is 2.07. The molecule has 0 saturated carbocycles. The predicted octanol–water partition coefficient (Wildman–Crippen LogP) is 4.67. The molecule has 3 aromatic rings. The van der Waals surface area contributed by atoms with Gasteiger partial charge in [-0.2, -0.15) is 13.2 Å². The molecule has 0 amide bonds. The molecule has 0 bridgehead atoms. The number of fused-ring (bicyclic) bond motifs is 1. The highest BCUT2D eigenvalue weighted by Crippen LogP contribution is 2.31. The predicted molar refractivity (Wildman–Crippen MR) is 74.7 cm³/mol. The summed E-state index contributed by atoms with van der Waals surface area (Å²) in [6.07, 6.45) is -4.37. The van der Waals surface area contributed by atoms with E-state index in [1.807, 2.05) is 19.1 Å². The van der Waals surface area contributed by atoms with Gasteiger partial charge in [0.1, 0.15) is 11.5 Å². The molecule has 0 saturated heterocycles. The van der Waals surface area contributed by atoms with Crippen LogP contribution >= 0.6 is 12.2 Å². The van der Waals surface area contributed by atoms with E-state index in [1.165, 1.54) is 6.07 Å². The maximum atomic E-state index is 12.7. The number of nitrogens with one attached hydrogen (secondary N) is 1. The summed E-state index contributed by atoms with van der Waals surface area (Å²) >= 11 is 5.18. The third kappa shape index (κ3) is 2.61. The number of aromatic nitrogens is 2. The number of benzene rings is 1. The first kappa shape index (κ1) is 13.9. The van der Waals surface area contributed by atoms with Crippen LogP contribution in [-0.2, 0) is 12.7 Å². The molecule has 21 heavy (non-hydrogen) atoms. The number of halogens is 3. The van der Waals surface area contributed by atoms with Crippen molar-refractivity contribution in [3.8, 4) is 0 Å². The van der Waals surface area contributed by atoms with Crippen LogP contribution < -0.4 is 0 Å². The molecule has 0 aliphatic rings. The second-order valence-corrected chi connectivity index (χ2v) is 5.15. The summed E-state index contributed by atoms with van der Waals surface area (Å²) in [4.78, 5) is 2.80. The SMILES string of the molecule is Cc1ccc(Cn2c(=S)[nH]c3cc(C(F)(F)F)ccc32)o1. The van der Waals surface area contributed by atoms with E-state index in [4.69, 9.17) is 16.6 Å².